The summed E-state index contributed by atoms with van der Waals surface area (Å²) in [6, 6.07) is 6.68. The summed E-state index contributed by atoms with van der Waals surface area (Å²) >= 11 is 6.06. The predicted molar refractivity (Wildman–Crippen MR) is 112 cm³/mol. The molecule has 0 saturated carbocycles. The van der Waals surface area contributed by atoms with Gasteiger partial charge in [0.25, 0.3) is 0 Å². The van der Waals surface area contributed by atoms with Crippen molar-refractivity contribution in [2.24, 2.45) is 0 Å². The molecule has 3 aromatic heterocycles. The third kappa shape index (κ3) is 3.32. The largest absolute Gasteiger partial charge is 0.303 e. The second kappa shape index (κ2) is 7.27. The Balaban J connectivity index is 1.40. The molecule has 9 heteroatoms. The Kier molecular flexibility index (Phi) is 4.60. The fraction of sp³-hybridized carbons (Fsp3) is 0.400. The lowest BCUT2D eigenvalue weighted by molar-refractivity contribution is 0.135. The van der Waals surface area contributed by atoms with Crippen LogP contribution in [0.15, 0.2) is 36.8 Å². The lowest BCUT2D eigenvalue weighted by Gasteiger charge is -2.36. The maximum atomic E-state index is 6.06. The highest BCUT2D eigenvalue weighted by molar-refractivity contribution is 6.31. The molecule has 1 aliphatic rings. The van der Waals surface area contributed by atoms with Gasteiger partial charge in [0.2, 0.25) is 0 Å². The number of halogens is 1. The minimum Gasteiger partial charge on any atom is -0.303 e. The third-order valence-corrected chi connectivity index (χ3v) is 6.18. The summed E-state index contributed by atoms with van der Waals surface area (Å²) in [7, 11) is 2.21. The van der Waals surface area contributed by atoms with Crippen molar-refractivity contribution in [3.05, 3.63) is 41.8 Å². The fourth-order valence-electron chi connectivity index (χ4n) is 4.20. The third-order valence-electron chi connectivity index (χ3n) is 5.94. The lowest BCUT2D eigenvalue weighted by atomic mass is 9.96. The molecular weight excluding hydrogens is 388 g/mol. The molecule has 8 nitrogen and oxygen atoms in total. The number of piperidine rings is 1. The summed E-state index contributed by atoms with van der Waals surface area (Å²) in [4.78, 5) is 2.45. The van der Waals surface area contributed by atoms with E-state index < -0.39 is 0 Å². The number of aromatic amines is 1. The van der Waals surface area contributed by atoms with E-state index >= 15 is 0 Å². The van der Waals surface area contributed by atoms with Crippen LogP contribution in [0, 0.1) is 0 Å². The molecule has 2 unspecified atom stereocenters. The average molecular weight is 411 g/mol. The van der Waals surface area contributed by atoms with Crippen molar-refractivity contribution in [1.82, 2.24) is 39.9 Å². The van der Waals surface area contributed by atoms with E-state index in [-0.39, 0.29) is 0 Å². The van der Waals surface area contributed by atoms with Gasteiger partial charge in [-0.1, -0.05) is 23.7 Å². The molecule has 1 saturated heterocycles. The summed E-state index contributed by atoms with van der Waals surface area (Å²) in [6.07, 6.45) is 9.19. The molecule has 0 radical (unpaired) electrons. The van der Waals surface area contributed by atoms with Crippen molar-refractivity contribution in [3.63, 3.8) is 0 Å². The van der Waals surface area contributed by atoms with E-state index in [1.54, 1.807) is 4.68 Å². The number of nitrogens with one attached hydrogen (secondary N) is 1. The SMILES string of the molecule is CCC1CC(n2cc(-n3cc(-c4n[nH]c5cc(Cl)ccc45)nn3)cn2)CCN1C. The molecule has 150 valence electrons. The minimum atomic E-state index is 0.424. The topological polar surface area (TPSA) is 80.4 Å². The molecule has 0 spiro atoms. The van der Waals surface area contributed by atoms with Crippen LogP contribution >= 0.6 is 11.6 Å². The van der Waals surface area contributed by atoms with Gasteiger partial charge < -0.3 is 4.90 Å². The Morgan fingerprint density at radius 1 is 1.28 bits per heavy atom. The van der Waals surface area contributed by atoms with Crippen LogP contribution in [0.4, 0.5) is 0 Å². The first-order chi connectivity index (χ1) is 14.1. The van der Waals surface area contributed by atoms with Crippen LogP contribution in [0.25, 0.3) is 28.0 Å². The number of aromatic nitrogens is 7. The number of rotatable bonds is 4. The maximum Gasteiger partial charge on any atom is 0.134 e. The van der Waals surface area contributed by atoms with Crippen molar-refractivity contribution in [2.45, 2.75) is 38.3 Å². The summed E-state index contributed by atoms with van der Waals surface area (Å²) < 4.78 is 3.83. The number of hydrogen-bond donors (Lipinski definition) is 1. The van der Waals surface area contributed by atoms with Crippen LogP contribution in [-0.4, -0.2) is 59.5 Å². The number of benzene rings is 1. The number of nitrogens with zero attached hydrogens (tertiary/aromatic N) is 7. The Morgan fingerprint density at radius 3 is 3.03 bits per heavy atom. The molecule has 2 atom stereocenters. The van der Waals surface area contributed by atoms with Crippen LogP contribution in [0.3, 0.4) is 0 Å². The molecule has 0 bridgehead atoms. The first-order valence-electron chi connectivity index (χ1n) is 9.93. The second-order valence-corrected chi connectivity index (χ2v) is 8.15. The van der Waals surface area contributed by atoms with Crippen LogP contribution in [0.2, 0.25) is 5.02 Å². The van der Waals surface area contributed by atoms with Gasteiger partial charge >= 0.3 is 0 Å². The molecule has 0 aliphatic carbocycles. The molecule has 4 aromatic rings. The zero-order valence-electron chi connectivity index (χ0n) is 16.5. The monoisotopic (exact) mass is 410 g/mol. The molecular formula is C20H23ClN8. The van der Waals surface area contributed by atoms with E-state index in [1.165, 1.54) is 0 Å². The van der Waals surface area contributed by atoms with E-state index in [0.29, 0.717) is 22.8 Å². The Morgan fingerprint density at radius 2 is 2.17 bits per heavy atom. The summed E-state index contributed by atoms with van der Waals surface area (Å²) in [6.45, 7) is 3.35. The zero-order chi connectivity index (χ0) is 20.0. The first kappa shape index (κ1) is 18.3. The normalized spacial score (nSPS) is 20.5. The van der Waals surface area contributed by atoms with Crippen LogP contribution in [0.1, 0.15) is 32.2 Å². The standard InChI is InChI=1S/C20H23ClN8/c1-3-14-9-15(6-7-27(14)2)28-11-16(10-22-28)29-12-19(24-26-29)20-17-5-4-13(21)8-18(17)23-25-20/h4-5,8,10-12,14-15H,3,6-7,9H2,1-2H3,(H,23,25). The summed E-state index contributed by atoms with van der Waals surface area (Å²) in [5, 5.41) is 22.3. The highest BCUT2D eigenvalue weighted by Gasteiger charge is 2.26. The van der Waals surface area contributed by atoms with E-state index in [2.05, 4.69) is 55.4 Å². The molecule has 1 fully saturated rings. The van der Waals surface area contributed by atoms with Gasteiger partial charge in [-0.25, -0.2) is 4.68 Å². The van der Waals surface area contributed by atoms with Gasteiger partial charge in [0, 0.05) is 23.0 Å². The quantitative estimate of drug-likeness (QED) is 0.554. The molecule has 1 aliphatic heterocycles. The van der Waals surface area contributed by atoms with Gasteiger partial charge in [0.05, 0.1) is 30.1 Å². The molecule has 4 heterocycles. The Hall–Kier alpha value is -2.71. The number of fused-ring (bicyclic) bond motifs is 1. The van der Waals surface area contributed by atoms with Gasteiger partial charge in [-0.15, -0.1) is 5.10 Å². The van der Waals surface area contributed by atoms with Crippen molar-refractivity contribution in [3.8, 4) is 17.1 Å². The summed E-state index contributed by atoms with van der Waals surface area (Å²) in [5.41, 5.74) is 3.24. The van der Waals surface area contributed by atoms with Crippen molar-refractivity contribution < 1.29 is 0 Å². The number of likely N-dealkylation sites (tertiary alicyclic amines) is 1. The van der Waals surface area contributed by atoms with Crippen molar-refractivity contribution >= 4 is 22.5 Å². The molecule has 0 amide bonds. The van der Waals surface area contributed by atoms with E-state index in [0.717, 1.165) is 48.1 Å². The van der Waals surface area contributed by atoms with Gasteiger partial charge in [0.1, 0.15) is 17.1 Å². The number of H-pyrrole nitrogens is 1. The smallest absolute Gasteiger partial charge is 0.134 e. The Labute approximate surface area is 173 Å². The molecule has 29 heavy (non-hydrogen) atoms. The minimum absolute atomic E-state index is 0.424. The first-order valence-corrected chi connectivity index (χ1v) is 10.3. The van der Waals surface area contributed by atoms with E-state index in [4.69, 9.17) is 11.6 Å². The van der Waals surface area contributed by atoms with Crippen molar-refractivity contribution in [2.75, 3.05) is 13.6 Å². The fourth-order valence-corrected chi connectivity index (χ4v) is 4.37. The average Bonchev–Trinajstić information content (AvgIpc) is 3.46. The van der Waals surface area contributed by atoms with Crippen molar-refractivity contribution in [1.29, 1.82) is 0 Å². The highest BCUT2D eigenvalue weighted by atomic mass is 35.5. The predicted octanol–water partition coefficient (Wildman–Crippen LogP) is 3.71. The summed E-state index contributed by atoms with van der Waals surface area (Å²) in [5.74, 6) is 0. The maximum absolute atomic E-state index is 6.06. The highest BCUT2D eigenvalue weighted by Crippen LogP contribution is 2.29. The van der Waals surface area contributed by atoms with Gasteiger partial charge in [-0.3, -0.25) is 9.78 Å². The Bertz CT molecular complexity index is 1140. The molecule has 1 N–H and O–H groups in total. The zero-order valence-corrected chi connectivity index (χ0v) is 17.2. The van der Waals surface area contributed by atoms with Crippen LogP contribution in [-0.2, 0) is 0 Å². The van der Waals surface area contributed by atoms with Gasteiger partial charge in [-0.05, 0) is 44.5 Å². The lowest BCUT2D eigenvalue weighted by Crippen LogP contribution is -2.40. The van der Waals surface area contributed by atoms with Gasteiger partial charge in [-0.2, -0.15) is 10.2 Å². The molecule has 5 rings (SSSR count). The van der Waals surface area contributed by atoms with E-state index in [1.807, 2.05) is 30.6 Å². The van der Waals surface area contributed by atoms with Crippen LogP contribution < -0.4 is 0 Å². The van der Waals surface area contributed by atoms with E-state index in [9.17, 15) is 0 Å². The van der Waals surface area contributed by atoms with Gasteiger partial charge in [0.15, 0.2) is 0 Å². The second-order valence-electron chi connectivity index (χ2n) is 7.71. The number of hydrogen-bond acceptors (Lipinski definition) is 5. The molecule has 1 aromatic carbocycles. The van der Waals surface area contributed by atoms with Crippen LogP contribution in [0.5, 0.6) is 0 Å².